The minimum Gasteiger partial charge on any atom is -0.353 e. The Kier molecular flexibility index (Phi) is 3.26. The van der Waals surface area contributed by atoms with E-state index in [0.29, 0.717) is 5.92 Å². The Morgan fingerprint density at radius 2 is 2.35 bits per heavy atom. The van der Waals surface area contributed by atoms with Crippen molar-refractivity contribution in [3.05, 3.63) is 18.6 Å². The lowest BCUT2D eigenvalue weighted by atomic mass is 9.85. The molecule has 0 saturated carbocycles. The van der Waals surface area contributed by atoms with Crippen LogP contribution in [0.5, 0.6) is 0 Å². The second-order valence-electron chi connectivity index (χ2n) is 6.65. The van der Waals surface area contributed by atoms with E-state index in [-0.39, 0.29) is 18.0 Å². The van der Waals surface area contributed by atoms with Gasteiger partial charge in [-0.15, -0.1) is 0 Å². The smallest absolute Gasteiger partial charge is 0.236 e. The Labute approximate surface area is 134 Å². The van der Waals surface area contributed by atoms with Crippen molar-refractivity contribution in [1.82, 2.24) is 19.9 Å². The molecule has 1 amide bonds. The molecule has 0 bridgehead atoms. The zero-order valence-electron chi connectivity index (χ0n) is 13.3. The molecule has 4 rings (SSSR count). The largest absolute Gasteiger partial charge is 0.353 e. The van der Waals surface area contributed by atoms with Gasteiger partial charge in [0.15, 0.2) is 0 Å². The number of likely N-dealkylation sites (tertiary alicyclic amines) is 1. The van der Waals surface area contributed by atoms with Crippen LogP contribution in [0.3, 0.4) is 0 Å². The first-order chi connectivity index (χ1) is 11.2. The van der Waals surface area contributed by atoms with Crippen molar-refractivity contribution in [2.75, 3.05) is 31.1 Å². The van der Waals surface area contributed by atoms with E-state index in [2.05, 4.69) is 26.8 Å². The van der Waals surface area contributed by atoms with Crippen molar-refractivity contribution in [3.8, 4) is 0 Å². The van der Waals surface area contributed by atoms with E-state index in [4.69, 9.17) is 5.73 Å². The number of nitrogens with zero attached hydrogens (tertiary/aromatic N) is 4. The summed E-state index contributed by atoms with van der Waals surface area (Å²) in [4.78, 5) is 28.5. The summed E-state index contributed by atoms with van der Waals surface area (Å²) in [6.07, 6.45) is 5.50. The van der Waals surface area contributed by atoms with Crippen molar-refractivity contribution in [1.29, 1.82) is 0 Å². The van der Waals surface area contributed by atoms with Gasteiger partial charge in [-0.2, -0.15) is 0 Å². The van der Waals surface area contributed by atoms with Crippen LogP contribution in [0.25, 0.3) is 11.0 Å². The van der Waals surface area contributed by atoms with Crippen LogP contribution in [0.1, 0.15) is 19.8 Å². The molecule has 0 aliphatic carbocycles. The molecule has 4 heterocycles. The summed E-state index contributed by atoms with van der Waals surface area (Å²) in [5, 5.41) is 1.03. The van der Waals surface area contributed by atoms with Crippen molar-refractivity contribution in [2.45, 2.75) is 25.3 Å². The van der Waals surface area contributed by atoms with Crippen LogP contribution < -0.4 is 10.6 Å². The molecule has 2 atom stereocenters. The van der Waals surface area contributed by atoms with Crippen LogP contribution in [0, 0.1) is 5.92 Å². The van der Waals surface area contributed by atoms with E-state index in [1.54, 1.807) is 6.33 Å². The molecule has 2 saturated heterocycles. The second-order valence-corrected chi connectivity index (χ2v) is 6.65. The number of fused-ring (bicyclic) bond motifs is 1. The predicted molar refractivity (Wildman–Crippen MR) is 88.0 cm³/mol. The molecule has 1 spiro atoms. The van der Waals surface area contributed by atoms with Crippen LogP contribution in [0.2, 0.25) is 0 Å². The fourth-order valence-electron chi connectivity index (χ4n) is 4.29. The minimum atomic E-state index is -0.107. The van der Waals surface area contributed by atoms with Gasteiger partial charge in [0, 0.05) is 25.8 Å². The quantitative estimate of drug-likeness (QED) is 0.853. The van der Waals surface area contributed by atoms with E-state index < -0.39 is 0 Å². The summed E-state index contributed by atoms with van der Waals surface area (Å²) >= 11 is 0. The molecule has 3 N–H and O–H groups in total. The zero-order valence-corrected chi connectivity index (χ0v) is 13.3. The summed E-state index contributed by atoms with van der Waals surface area (Å²) in [6, 6.07) is 2.01. The number of aromatic nitrogens is 3. The number of hydrogen-bond acceptors (Lipinski definition) is 5. The lowest BCUT2D eigenvalue weighted by molar-refractivity contribution is -0.133. The topological polar surface area (TPSA) is 91.1 Å². The average Bonchev–Trinajstić information content (AvgIpc) is 3.28. The minimum absolute atomic E-state index is 0.0608. The summed E-state index contributed by atoms with van der Waals surface area (Å²) in [7, 11) is 0. The SMILES string of the molecule is CC1CCN(C(=O)CN)C12CCN(c1ncnc3[nH]ccc13)C2. The van der Waals surface area contributed by atoms with Crippen LogP contribution in [-0.4, -0.2) is 57.5 Å². The van der Waals surface area contributed by atoms with Gasteiger partial charge >= 0.3 is 0 Å². The Balaban J connectivity index is 1.68. The molecular weight excluding hydrogens is 292 g/mol. The molecule has 2 unspecified atom stereocenters. The molecule has 7 nitrogen and oxygen atoms in total. The molecule has 0 radical (unpaired) electrons. The van der Waals surface area contributed by atoms with Crippen LogP contribution in [-0.2, 0) is 4.79 Å². The Bertz CT molecular complexity index is 743. The lowest BCUT2D eigenvalue weighted by Gasteiger charge is -2.38. The standard InChI is InChI=1S/C16H22N6O/c1-11-3-6-22(13(23)8-17)16(11)4-7-21(9-16)15-12-2-5-18-14(12)19-10-20-15/h2,5,10-11H,3-4,6-9,17H2,1H3,(H,18,19,20). The number of H-pyrrole nitrogens is 1. The average molecular weight is 314 g/mol. The molecule has 0 aromatic carbocycles. The number of nitrogens with two attached hydrogens (primary N) is 1. The molecule has 2 aromatic heterocycles. The highest BCUT2D eigenvalue weighted by molar-refractivity contribution is 5.87. The molecule has 2 aliphatic heterocycles. The highest BCUT2D eigenvalue weighted by Gasteiger charge is 2.52. The predicted octanol–water partition coefficient (Wildman–Crippen LogP) is 0.734. The third-order valence-electron chi connectivity index (χ3n) is 5.63. The fraction of sp³-hybridized carbons (Fsp3) is 0.562. The summed E-state index contributed by atoms with van der Waals surface area (Å²) in [5.41, 5.74) is 6.37. The molecule has 122 valence electrons. The molecular formula is C16H22N6O. The van der Waals surface area contributed by atoms with E-state index in [1.165, 1.54) is 0 Å². The number of carbonyl (C=O) groups is 1. The molecule has 2 aliphatic rings. The van der Waals surface area contributed by atoms with Gasteiger partial charge in [0.1, 0.15) is 17.8 Å². The van der Waals surface area contributed by atoms with E-state index >= 15 is 0 Å². The summed E-state index contributed by atoms with van der Waals surface area (Å²) in [6.45, 7) is 4.87. The zero-order chi connectivity index (χ0) is 16.0. The van der Waals surface area contributed by atoms with Crippen molar-refractivity contribution >= 4 is 22.8 Å². The fourth-order valence-corrected chi connectivity index (χ4v) is 4.29. The molecule has 7 heteroatoms. The van der Waals surface area contributed by atoms with Gasteiger partial charge in [-0.25, -0.2) is 9.97 Å². The summed E-state index contributed by atoms with van der Waals surface area (Å²) < 4.78 is 0. The maximum absolute atomic E-state index is 12.3. The number of hydrogen-bond donors (Lipinski definition) is 2. The Hall–Kier alpha value is -2.15. The number of aromatic amines is 1. The van der Waals surface area contributed by atoms with Gasteiger partial charge < -0.3 is 20.5 Å². The van der Waals surface area contributed by atoms with Crippen molar-refractivity contribution in [3.63, 3.8) is 0 Å². The first kappa shape index (κ1) is 14.4. The molecule has 2 fully saturated rings. The van der Waals surface area contributed by atoms with Crippen LogP contribution in [0.4, 0.5) is 5.82 Å². The summed E-state index contributed by atoms with van der Waals surface area (Å²) in [5.74, 6) is 1.49. The van der Waals surface area contributed by atoms with E-state index in [9.17, 15) is 4.79 Å². The number of amides is 1. The number of carbonyl (C=O) groups excluding carboxylic acids is 1. The maximum atomic E-state index is 12.3. The lowest BCUT2D eigenvalue weighted by Crippen LogP contribution is -2.53. The van der Waals surface area contributed by atoms with Crippen LogP contribution >= 0.6 is 0 Å². The van der Waals surface area contributed by atoms with Gasteiger partial charge in [-0.3, -0.25) is 4.79 Å². The highest BCUT2D eigenvalue weighted by atomic mass is 16.2. The third kappa shape index (κ3) is 2.03. The number of rotatable bonds is 2. The third-order valence-corrected chi connectivity index (χ3v) is 5.63. The first-order valence-corrected chi connectivity index (χ1v) is 8.19. The first-order valence-electron chi connectivity index (χ1n) is 8.19. The van der Waals surface area contributed by atoms with E-state index in [1.807, 2.05) is 17.2 Å². The van der Waals surface area contributed by atoms with Crippen LogP contribution in [0.15, 0.2) is 18.6 Å². The van der Waals surface area contributed by atoms with Crippen molar-refractivity contribution in [2.24, 2.45) is 11.7 Å². The van der Waals surface area contributed by atoms with Gasteiger partial charge in [0.2, 0.25) is 5.91 Å². The number of anilines is 1. The maximum Gasteiger partial charge on any atom is 0.236 e. The molecule has 23 heavy (non-hydrogen) atoms. The van der Waals surface area contributed by atoms with Crippen molar-refractivity contribution < 1.29 is 4.79 Å². The number of nitrogens with one attached hydrogen (secondary N) is 1. The highest BCUT2D eigenvalue weighted by Crippen LogP contribution is 2.43. The van der Waals surface area contributed by atoms with E-state index in [0.717, 1.165) is 49.3 Å². The monoisotopic (exact) mass is 314 g/mol. The Morgan fingerprint density at radius 1 is 1.48 bits per heavy atom. The Morgan fingerprint density at radius 3 is 3.17 bits per heavy atom. The second kappa shape index (κ2) is 5.19. The molecule has 2 aromatic rings. The normalized spacial score (nSPS) is 27.5. The van der Waals surface area contributed by atoms with Gasteiger partial charge in [-0.1, -0.05) is 6.92 Å². The van der Waals surface area contributed by atoms with Gasteiger partial charge in [0.25, 0.3) is 0 Å². The van der Waals surface area contributed by atoms with Gasteiger partial charge in [0.05, 0.1) is 17.5 Å². The van der Waals surface area contributed by atoms with Gasteiger partial charge in [-0.05, 0) is 24.8 Å².